The summed E-state index contributed by atoms with van der Waals surface area (Å²) >= 11 is 0. The molecule has 8 heavy (non-hydrogen) atoms. The van der Waals surface area contributed by atoms with Crippen LogP contribution in [0.5, 0.6) is 0 Å². The third-order valence-corrected chi connectivity index (χ3v) is 2.47. The van der Waals surface area contributed by atoms with Crippen LogP contribution >= 0.6 is 0 Å². The summed E-state index contributed by atoms with van der Waals surface area (Å²) < 4.78 is 0. The van der Waals surface area contributed by atoms with Crippen molar-refractivity contribution in [2.45, 2.75) is 37.8 Å². The summed E-state index contributed by atoms with van der Waals surface area (Å²) in [6.45, 7) is 4.02. The van der Waals surface area contributed by atoms with Crippen LogP contribution in [0.1, 0.15) is 26.7 Å². The lowest BCUT2D eigenvalue weighted by Crippen LogP contribution is -2.70. The summed E-state index contributed by atoms with van der Waals surface area (Å²) in [5.74, 6) is 0. The van der Waals surface area contributed by atoms with Crippen molar-refractivity contribution in [3.8, 4) is 0 Å². The van der Waals surface area contributed by atoms with Crippen LogP contribution in [0, 0.1) is 0 Å². The zero-order valence-electron chi connectivity index (χ0n) is 5.57. The SMILES string of the molecule is C[C@]1(N)CC[C@@]1(C)N. The van der Waals surface area contributed by atoms with Crippen molar-refractivity contribution in [2.75, 3.05) is 0 Å². The topological polar surface area (TPSA) is 52.0 Å². The minimum absolute atomic E-state index is 0.104. The van der Waals surface area contributed by atoms with Gasteiger partial charge in [-0.05, 0) is 26.7 Å². The Balaban J connectivity index is 2.63. The molecule has 0 aromatic heterocycles. The normalized spacial score (nSPS) is 55.5. The molecular formula is C6H14N2. The second kappa shape index (κ2) is 1.25. The predicted octanol–water partition coefficient (Wildman–Crippen LogP) is 0.215. The first kappa shape index (κ1) is 6.05. The van der Waals surface area contributed by atoms with Gasteiger partial charge in [-0.3, -0.25) is 0 Å². The van der Waals surface area contributed by atoms with Gasteiger partial charge in [-0.15, -0.1) is 0 Å². The maximum Gasteiger partial charge on any atom is 0.0306 e. The molecule has 0 amide bonds. The van der Waals surface area contributed by atoms with Crippen LogP contribution in [0.25, 0.3) is 0 Å². The minimum Gasteiger partial charge on any atom is -0.324 e. The molecule has 0 radical (unpaired) electrons. The van der Waals surface area contributed by atoms with Gasteiger partial charge in [0.2, 0.25) is 0 Å². The van der Waals surface area contributed by atoms with Gasteiger partial charge in [-0.1, -0.05) is 0 Å². The molecule has 1 fully saturated rings. The zero-order valence-corrected chi connectivity index (χ0v) is 5.57. The fourth-order valence-corrected chi connectivity index (χ4v) is 0.914. The quantitative estimate of drug-likeness (QED) is 0.473. The Labute approximate surface area is 50.2 Å². The van der Waals surface area contributed by atoms with Crippen LogP contribution in [0.2, 0.25) is 0 Å². The molecule has 1 aliphatic rings. The predicted molar refractivity (Wildman–Crippen MR) is 34.4 cm³/mol. The van der Waals surface area contributed by atoms with Crippen molar-refractivity contribution < 1.29 is 0 Å². The van der Waals surface area contributed by atoms with E-state index < -0.39 is 0 Å². The van der Waals surface area contributed by atoms with Crippen molar-refractivity contribution in [1.82, 2.24) is 0 Å². The molecule has 0 aromatic rings. The van der Waals surface area contributed by atoms with Crippen molar-refractivity contribution in [2.24, 2.45) is 11.5 Å². The van der Waals surface area contributed by atoms with Crippen LogP contribution in [0.3, 0.4) is 0 Å². The van der Waals surface area contributed by atoms with Crippen LogP contribution in [0.15, 0.2) is 0 Å². The van der Waals surface area contributed by atoms with Gasteiger partial charge in [0.15, 0.2) is 0 Å². The molecule has 4 N–H and O–H groups in total. The van der Waals surface area contributed by atoms with E-state index in [1.807, 2.05) is 13.8 Å². The third kappa shape index (κ3) is 0.565. The first-order valence-corrected chi connectivity index (χ1v) is 3.03. The standard InChI is InChI=1S/C6H14N2/c1-5(7)3-4-6(5,2)8/h3-4,7-8H2,1-2H3/t5-,6+. The molecule has 2 nitrogen and oxygen atoms in total. The Bertz CT molecular complexity index is 91.1. The summed E-state index contributed by atoms with van der Waals surface area (Å²) in [5.41, 5.74) is 11.3. The highest BCUT2D eigenvalue weighted by molar-refractivity contribution is 5.10. The minimum atomic E-state index is -0.104. The molecule has 1 rings (SSSR count). The van der Waals surface area contributed by atoms with E-state index in [4.69, 9.17) is 11.5 Å². The molecule has 0 aliphatic heterocycles. The van der Waals surface area contributed by atoms with Gasteiger partial charge in [0, 0.05) is 11.1 Å². The number of nitrogens with two attached hydrogens (primary N) is 2. The molecule has 0 unspecified atom stereocenters. The van der Waals surface area contributed by atoms with Gasteiger partial charge < -0.3 is 11.5 Å². The van der Waals surface area contributed by atoms with Crippen LogP contribution in [-0.2, 0) is 0 Å². The summed E-state index contributed by atoms with van der Waals surface area (Å²) in [5, 5.41) is 0. The molecule has 1 saturated carbocycles. The Morgan fingerprint density at radius 3 is 1.25 bits per heavy atom. The highest BCUT2D eigenvalue weighted by Gasteiger charge is 2.46. The Morgan fingerprint density at radius 1 is 1.00 bits per heavy atom. The van der Waals surface area contributed by atoms with E-state index in [1.54, 1.807) is 0 Å². The van der Waals surface area contributed by atoms with Gasteiger partial charge in [0.1, 0.15) is 0 Å². The van der Waals surface area contributed by atoms with E-state index in [0.717, 1.165) is 12.8 Å². The fraction of sp³-hybridized carbons (Fsp3) is 1.00. The lowest BCUT2D eigenvalue weighted by Gasteiger charge is -2.51. The smallest absolute Gasteiger partial charge is 0.0306 e. The highest BCUT2D eigenvalue weighted by atomic mass is 14.9. The number of hydrogen-bond acceptors (Lipinski definition) is 2. The average Bonchev–Trinajstić information content (AvgIpc) is 1.64. The Kier molecular flexibility index (Phi) is 0.946. The summed E-state index contributed by atoms with van der Waals surface area (Å²) in [6, 6.07) is 0. The third-order valence-electron chi connectivity index (χ3n) is 2.47. The zero-order chi connectivity index (χ0) is 6.41. The molecular weight excluding hydrogens is 100 g/mol. The maximum atomic E-state index is 5.77. The first-order valence-electron chi connectivity index (χ1n) is 3.03. The van der Waals surface area contributed by atoms with Crippen molar-refractivity contribution in [1.29, 1.82) is 0 Å². The van der Waals surface area contributed by atoms with E-state index in [-0.39, 0.29) is 11.1 Å². The molecule has 0 saturated heterocycles. The number of rotatable bonds is 0. The second-order valence-electron chi connectivity index (χ2n) is 3.33. The molecule has 2 atom stereocenters. The van der Waals surface area contributed by atoms with Crippen LogP contribution in [-0.4, -0.2) is 11.1 Å². The van der Waals surface area contributed by atoms with Gasteiger partial charge in [-0.25, -0.2) is 0 Å². The van der Waals surface area contributed by atoms with Crippen molar-refractivity contribution >= 4 is 0 Å². The summed E-state index contributed by atoms with van der Waals surface area (Å²) in [7, 11) is 0. The molecule has 0 bridgehead atoms. The highest BCUT2D eigenvalue weighted by Crippen LogP contribution is 2.37. The van der Waals surface area contributed by atoms with Gasteiger partial charge in [0.05, 0.1) is 0 Å². The Hall–Kier alpha value is -0.0800. The average molecular weight is 114 g/mol. The van der Waals surface area contributed by atoms with E-state index in [9.17, 15) is 0 Å². The van der Waals surface area contributed by atoms with Gasteiger partial charge >= 0.3 is 0 Å². The maximum absolute atomic E-state index is 5.77. The fourth-order valence-electron chi connectivity index (χ4n) is 0.914. The van der Waals surface area contributed by atoms with Gasteiger partial charge in [0.25, 0.3) is 0 Å². The monoisotopic (exact) mass is 114 g/mol. The largest absolute Gasteiger partial charge is 0.324 e. The lowest BCUT2D eigenvalue weighted by molar-refractivity contribution is 0.122. The van der Waals surface area contributed by atoms with Gasteiger partial charge in [-0.2, -0.15) is 0 Å². The molecule has 0 aromatic carbocycles. The molecule has 2 heteroatoms. The Morgan fingerprint density at radius 2 is 1.25 bits per heavy atom. The molecule has 0 heterocycles. The van der Waals surface area contributed by atoms with E-state index in [0.29, 0.717) is 0 Å². The molecule has 0 spiro atoms. The lowest BCUT2D eigenvalue weighted by atomic mass is 9.64. The first-order chi connectivity index (χ1) is 3.46. The van der Waals surface area contributed by atoms with Crippen molar-refractivity contribution in [3.63, 3.8) is 0 Å². The summed E-state index contributed by atoms with van der Waals surface area (Å²) in [6.07, 6.45) is 2.14. The van der Waals surface area contributed by atoms with E-state index in [1.165, 1.54) is 0 Å². The molecule has 48 valence electrons. The summed E-state index contributed by atoms with van der Waals surface area (Å²) in [4.78, 5) is 0. The second-order valence-corrected chi connectivity index (χ2v) is 3.33. The number of hydrogen-bond donors (Lipinski definition) is 2. The van der Waals surface area contributed by atoms with Crippen molar-refractivity contribution in [3.05, 3.63) is 0 Å². The van der Waals surface area contributed by atoms with E-state index >= 15 is 0 Å². The molecule has 1 aliphatic carbocycles. The van der Waals surface area contributed by atoms with Crippen LogP contribution in [0.4, 0.5) is 0 Å². The van der Waals surface area contributed by atoms with Crippen LogP contribution < -0.4 is 11.5 Å². The van der Waals surface area contributed by atoms with E-state index in [2.05, 4.69) is 0 Å².